The molecule has 1 aromatic carbocycles. The molecule has 4 rings (SSSR count). The van der Waals surface area contributed by atoms with Crippen LogP contribution in [-0.2, 0) is 10.2 Å². The molecule has 2 bridgehead atoms. The first kappa shape index (κ1) is 21.2. The Bertz CT molecular complexity index is 719. The molecule has 1 aromatic rings. The van der Waals surface area contributed by atoms with Crippen molar-refractivity contribution in [3.8, 4) is 0 Å². The van der Waals surface area contributed by atoms with Gasteiger partial charge in [0.15, 0.2) is 0 Å². The van der Waals surface area contributed by atoms with E-state index in [-0.39, 0.29) is 22.2 Å². The number of fused-ring (bicyclic) bond motifs is 2. The molecule has 3 aliphatic rings. The highest BCUT2D eigenvalue weighted by Gasteiger charge is 2.56. The molecule has 1 heterocycles. The Kier molecular flexibility index (Phi) is 6.01. The molecule has 2 aliphatic carbocycles. The van der Waals surface area contributed by atoms with Gasteiger partial charge < -0.3 is 10.6 Å². The highest BCUT2D eigenvalue weighted by Crippen LogP contribution is 2.62. The summed E-state index contributed by atoms with van der Waals surface area (Å²) in [6.45, 7) is 6.68. The summed E-state index contributed by atoms with van der Waals surface area (Å²) in [5, 5.41) is 6.83. The van der Waals surface area contributed by atoms with Crippen molar-refractivity contribution in [2.24, 2.45) is 16.7 Å². The first-order valence-electron chi connectivity index (χ1n) is 11.5. The number of alkyl halides is 1. The van der Waals surface area contributed by atoms with Crippen molar-refractivity contribution >= 4 is 17.5 Å². The van der Waals surface area contributed by atoms with Gasteiger partial charge in [-0.05, 0) is 86.8 Å². The lowest BCUT2D eigenvalue weighted by Gasteiger charge is -2.58. The van der Waals surface area contributed by atoms with Crippen LogP contribution in [0.2, 0.25) is 0 Å². The number of nitrogens with one attached hydrogen (secondary N) is 2. The van der Waals surface area contributed by atoms with Crippen LogP contribution in [0.15, 0.2) is 30.3 Å². The Morgan fingerprint density at radius 1 is 1.10 bits per heavy atom. The van der Waals surface area contributed by atoms with E-state index in [9.17, 15) is 4.79 Å². The van der Waals surface area contributed by atoms with Crippen molar-refractivity contribution in [2.75, 3.05) is 19.0 Å². The molecule has 3 fully saturated rings. The number of amides is 1. The van der Waals surface area contributed by atoms with Gasteiger partial charge in [0.05, 0.1) is 0 Å². The second kappa shape index (κ2) is 8.23. The summed E-state index contributed by atoms with van der Waals surface area (Å²) in [5.74, 6) is 1.60. The molecule has 1 aliphatic heterocycles. The van der Waals surface area contributed by atoms with Crippen molar-refractivity contribution < 1.29 is 4.79 Å². The van der Waals surface area contributed by atoms with Crippen LogP contribution in [0.25, 0.3) is 0 Å². The van der Waals surface area contributed by atoms with Crippen LogP contribution in [0.3, 0.4) is 0 Å². The van der Waals surface area contributed by atoms with Crippen molar-refractivity contribution in [3.63, 3.8) is 0 Å². The molecule has 4 heteroatoms. The van der Waals surface area contributed by atoms with E-state index in [1.165, 1.54) is 18.4 Å². The van der Waals surface area contributed by atoms with Crippen molar-refractivity contribution in [1.82, 2.24) is 10.6 Å². The number of hydrogen-bond acceptors (Lipinski definition) is 2. The third-order valence-corrected chi connectivity index (χ3v) is 8.19. The Balaban J connectivity index is 1.62. The van der Waals surface area contributed by atoms with Crippen LogP contribution in [0.1, 0.15) is 70.8 Å². The molecule has 1 saturated heterocycles. The summed E-state index contributed by atoms with van der Waals surface area (Å²) in [5.41, 5.74) is 1.49. The monoisotopic (exact) mass is 416 g/mol. The summed E-state index contributed by atoms with van der Waals surface area (Å²) in [7, 11) is 0. The lowest BCUT2D eigenvalue weighted by molar-refractivity contribution is -0.138. The summed E-state index contributed by atoms with van der Waals surface area (Å²) in [6.07, 6.45) is 8.67. The SMILES string of the molecule is CC1(C(=O)NC2CCNCC2)CC2CC(c3ccccc3)(C1)C[C@@](C)(CCCl)C2. The fourth-order valence-corrected chi connectivity index (χ4v) is 7.51. The third kappa shape index (κ3) is 4.37. The van der Waals surface area contributed by atoms with Gasteiger partial charge in [0, 0.05) is 17.3 Å². The molecular weight excluding hydrogens is 380 g/mol. The largest absolute Gasteiger partial charge is 0.353 e. The second-order valence-electron chi connectivity index (χ2n) is 10.8. The quantitative estimate of drug-likeness (QED) is 0.661. The lowest BCUT2D eigenvalue weighted by Crippen LogP contribution is -2.56. The molecule has 160 valence electrons. The molecule has 2 saturated carbocycles. The topological polar surface area (TPSA) is 41.1 Å². The van der Waals surface area contributed by atoms with Gasteiger partial charge >= 0.3 is 0 Å². The molecule has 3 nitrogen and oxygen atoms in total. The predicted molar refractivity (Wildman–Crippen MR) is 120 cm³/mol. The third-order valence-electron chi connectivity index (χ3n) is 8.00. The van der Waals surface area contributed by atoms with E-state index in [0.717, 1.165) is 57.5 Å². The molecule has 3 unspecified atom stereocenters. The van der Waals surface area contributed by atoms with E-state index < -0.39 is 0 Å². The Hall–Kier alpha value is -1.06. The van der Waals surface area contributed by atoms with Gasteiger partial charge in [0.2, 0.25) is 5.91 Å². The lowest BCUT2D eigenvalue weighted by atomic mass is 9.47. The molecule has 1 amide bonds. The predicted octanol–water partition coefficient (Wildman–Crippen LogP) is 5.03. The number of carbonyl (C=O) groups excluding carboxylic acids is 1. The van der Waals surface area contributed by atoms with Gasteiger partial charge in [0.25, 0.3) is 0 Å². The zero-order valence-corrected chi connectivity index (χ0v) is 18.9. The fourth-order valence-electron chi connectivity index (χ4n) is 7.05. The van der Waals surface area contributed by atoms with Crippen LogP contribution in [0.4, 0.5) is 0 Å². The zero-order chi connectivity index (χ0) is 20.5. The van der Waals surface area contributed by atoms with Crippen molar-refractivity contribution in [3.05, 3.63) is 35.9 Å². The minimum Gasteiger partial charge on any atom is -0.353 e. The van der Waals surface area contributed by atoms with E-state index in [2.05, 4.69) is 54.8 Å². The number of benzene rings is 1. The molecule has 29 heavy (non-hydrogen) atoms. The Morgan fingerprint density at radius 2 is 1.83 bits per heavy atom. The van der Waals surface area contributed by atoms with E-state index >= 15 is 0 Å². The summed E-state index contributed by atoms with van der Waals surface area (Å²) in [6, 6.07) is 11.3. The van der Waals surface area contributed by atoms with Gasteiger partial charge in [-0.3, -0.25) is 4.79 Å². The standard InChI is InChI=1S/C25H37ClN2O/c1-23(10-11-26)14-19-15-24(2,22(29)28-21-8-12-27-13-9-21)18-25(16-19,17-23)20-6-4-3-5-7-20/h3-7,19,21,27H,8-18H2,1-2H3,(H,28,29)/t19?,23-,24?,25?/m0/s1. The smallest absolute Gasteiger partial charge is 0.226 e. The first-order valence-corrected chi connectivity index (χ1v) is 12.0. The molecule has 4 atom stereocenters. The van der Waals surface area contributed by atoms with Gasteiger partial charge in [0.1, 0.15) is 0 Å². The van der Waals surface area contributed by atoms with Crippen molar-refractivity contribution in [1.29, 1.82) is 0 Å². The summed E-state index contributed by atoms with van der Waals surface area (Å²) < 4.78 is 0. The van der Waals surface area contributed by atoms with Gasteiger partial charge in [-0.2, -0.15) is 0 Å². The molecule has 0 aromatic heterocycles. The number of carbonyl (C=O) groups is 1. The number of piperidine rings is 1. The van der Waals surface area contributed by atoms with E-state index in [1.54, 1.807) is 0 Å². The van der Waals surface area contributed by atoms with E-state index in [0.29, 0.717) is 12.0 Å². The molecule has 2 N–H and O–H groups in total. The van der Waals surface area contributed by atoms with Crippen LogP contribution in [0.5, 0.6) is 0 Å². The maximum atomic E-state index is 13.5. The van der Waals surface area contributed by atoms with Crippen LogP contribution in [0, 0.1) is 16.7 Å². The minimum absolute atomic E-state index is 0.0868. The van der Waals surface area contributed by atoms with Crippen LogP contribution < -0.4 is 10.6 Å². The number of rotatable bonds is 5. The summed E-state index contributed by atoms with van der Waals surface area (Å²) >= 11 is 6.22. The number of hydrogen-bond donors (Lipinski definition) is 2. The van der Waals surface area contributed by atoms with Gasteiger partial charge in [-0.15, -0.1) is 11.6 Å². The number of halogens is 1. The highest BCUT2D eigenvalue weighted by molar-refractivity contribution is 6.17. The fraction of sp³-hybridized carbons (Fsp3) is 0.720. The zero-order valence-electron chi connectivity index (χ0n) is 18.1. The van der Waals surface area contributed by atoms with Gasteiger partial charge in [-0.1, -0.05) is 44.2 Å². The Morgan fingerprint density at radius 3 is 2.52 bits per heavy atom. The van der Waals surface area contributed by atoms with Crippen LogP contribution in [-0.4, -0.2) is 30.9 Å². The molecular formula is C25H37ClN2O. The maximum Gasteiger partial charge on any atom is 0.226 e. The molecule has 0 radical (unpaired) electrons. The maximum absolute atomic E-state index is 13.5. The molecule has 0 spiro atoms. The second-order valence-corrected chi connectivity index (χ2v) is 11.2. The average Bonchev–Trinajstić information content (AvgIpc) is 2.68. The summed E-state index contributed by atoms with van der Waals surface area (Å²) in [4.78, 5) is 13.5. The Labute approximate surface area is 181 Å². The van der Waals surface area contributed by atoms with Gasteiger partial charge in [-0.25, -0.2) is 0 Å². The van der Waals surface area contributed by atoms with Crippen LogP contribution >= 0.6 is 11.6 Å². The normalized spacial score (nSPS) is 37.8. The van der Waals surface area contributed by atoms with E-state index in [4.69, 9.17) is 11.6 Å². The van der Waals surface area contributed by atoms with E-state index in [1.807, 2.05) is 0 Å². The first-order chi connectivity index (χ1) is 13.9. The van der Waals surface area contributed by atoms with Crippen molar-refractivity contribution in [2.45, 2.75) is 76.7 Å². The average molecular weight is 417 g/mol. The highest BCUT2D eigenvalue weighted by atomic mass is 35.5. The minimum atomic E-state index is -0.286.